The minimum absolute atomic E-state index is 0.00470. The maximum atomic E-state index is 13.5. The molecule has 1 aromatic carbocycles. The summed E-state index contributed by atoms with van der Waals surface area (Å²) in [5, 5.41) is -0.00470. The summed E-state index contributed by atoms with van der Waals surface area (Å²) in [6, 6.07) is 7.98. The van der Waals surface area contributed by atoms with Crippen LogP contribution in [0.4, 0.5) is 0 Å². The molecule has 7 heteroatoms. The Bertz CT molecular complexity index is 1030. The molecule has 1 saturated carbocycles. The molecule has 3 rings (SSSR count). The van der Waals surface area contributed by atoms with Gasteiger partial charge in [-0.25, -0.2) is 0 Å². The Morgan fingerprint density at radius 2 is 1.77 bits per heavy atom. The van der Waals surface area contributed by atoms with Crippen molar-refractivity contribution in [2.75, 3.05) is 0 Å². The van der Waals surface area contributed by atoms with Crippen molar-refractivity contribution in [3.63, 3.8) is 0 Å². The molecule has 0 bridgehead atoms. The van der Waals surface area contributed by atoms with E-state index in [1.165, 1.54) is 6.42 Å². The summed E-state index contributed by atoms with van der Waals surface area (Å²) in [6.07, 6.45) is 10.4. The Hall–Kier alpha value is -0.223. The fourth-order valence-corrected chi connectivity index (χ4v) is 10.0. The third-order valence-corrected chi connectivity index (χ3v) is 16.3. The Kier molecular flexibility index (Phi) is 8.80. The lowest BCUT2D eigenvalue weighted by atomic mass is 9.62. The van der Waals surface area contributed by atoms with E-state index in [-0.39, 0.29) is 22.8 Å². The smallest absolute Gasteiger partial charge is 0.275 e. The number of benzene rings is 1. The number of halogens is 1. The number of hydrogen-bond donors (Lipinski definition) is 1. The third-order valence-electron chi connectivity index (χ3n) is 9.30. The third kappa shape index (κ3) is 5.50. The van der Waals surface area contributed by atoms with E-state index >= 15 is 0 Å². The van der Waals surface area contributed by atoms with Gasteiger partial charge in [0.1, 0.15) is 4.75 Å². The number of hydrogen-bond acceptors (Lipinski definition) is 3. The van der Waals surface area contributed by atoms with Gasteiger partial charge in [0.05, 0.1) is 5.60 Å². The monoisotopic (exact) mass is 632 g/mol. The molecule has 0 amide bonds. The second-order valence-electron chi connectivity index (χ2n) is 12.4. The zero-order valence-electron chi connectivity index (χ0n) is 22.6. The average Bonchev–Trinajstić information content (AvgIpc) is 2.76. The van der Waals surface area contributed by atoms with Crippen LogP contribution in [-0.4, -0.2) is 31.6 Å². The Morgan fingerprint density at radius 3 is 2.29 bits per heavy atom. The van der Waals surface area contributed by atoms with Crippen molar-refractivity contribution < 1.29 is 17.4 Å². The summed E-state index contributed by atoms with van der Waals surface area (Å²) in [6.45, 7) is 15.5. The van der Waals surface area contributed by atoms with Crippen molar-refractivity contribution in [3.05, 3.63) is 45.6 Å². The van der Waals surface area contributed by atoms with Crippen molar-refractivity contribution in [2.24, 2.45) is 11.8 Å². The Morgan fingerprint density at radius 1 is 1.17 bits per heavy atom. The van der Waals surface area contributed by atoms with E-state index < -0.39 is 28.8 Å². The van der Waals surface area contributed by atoms with Gasteiger partial charge in [0.25, 0.3) is 10.1 Å². The Balaban J connectivity index is 2.26. The van der Waals surface area contributed by atoms with Crippen LogP contribution in [0, 0.1) is 15.4 Å². The molecular formula is C28H45IO4SSi. The van der Waals surface area contributed by atoms with Crippen molar-refractivity contribution >= 4 is 41.0 Å². The van der Waals surface area contributed by atoms with E-state index in [0.717, 1.165) is 34.8 Å². The van der Waals surface area contributed by atoms with Crippen LogP contribution in [0.1, 0.15) is 91.0 Å². The minimum Gasteiger partial charge on any atom is -0.410 e. The quantitative estimate of drug-likeness (QED) is 0.142. The van der Waals surface area contributed by atoms with Gasteiger partial charge in [-0.15, -0.1) is 0 Å². The lowest BCUT2D eigenvalue weighted by Crippen LogP contribution is -2.62. The molecule has 2 aliphatic rings. The van der Waals surface area contributed by atoms with Crippen molar-refractivity contribution in [2.45, 2.75) is 114 Å². The second kappa shape index (κ2) is 10.5. The van der Waals surface area contributed by atoms with E-state index in [1.807, 2.05) is 37.3 Å². The molecule has 4 atom stereocenters. The fraction of sp³-hybridized carbons (Fsp3) is 0.714. The molecule has 2 unspecified atom stereocenters. The summed E-state index contributed by atoms with van der Waals surface area (Å²) in [4.78, 5) is 0. The second-order valence-corrected chi connectivity index (χ2v) is 20.0. The van der Waals surface area contributed by atoms with Crippen molar-refractivity contribution in [1.29, 1.82) is 0 Å². The highest BCUT2D eigenvalue weighted by Crippen LogP contribution is 2.56. The van der Waals surface area contributed by atoms with Crippen LogP contribution in [0.2, 0.25) is 18.1 Å². The highest BCUT2D eigenvalue weighted by atomic mass is 127. The molecule has 0 aromatic heterocycles. The van der Waals surface area contributed by atoms with Crippen LogP contribution in [0.3, 0.4) is 0 Å². The molecule has 0 spiro atoms. The summed E-state index contributed by atoms with van der Waals surface area (Å²) in [7, 11) is -6.70. The predicted octanol–water partition coefficient (Wildman–Crippen LogP) is 8.35. The van der Waals surface area contributed by atoms with Gasteiger partial charge >= 0.3 is 0 Å². The van der Waals surface area contributed by atoms with Gasteiger partial charge < -0.3 is 4.43 Å². The zero-order valence-corrected chi connectivity index (χ0v) is 26.6. The summed E-state index contributed by atoms with van der Waals surface area (Å²) in [5.41, 5.74) is 0.360. The Labute approximate surface area is 228 Å². The molecular weight excluding hydrogens is 587 g/mol. The van der Waals surface area contributed by atoms with Gasteiger partial charge in [0, 0.05) is 21.8 Å². The number of rotatable bonds is 7. The molecule has 0 saturated heterocycles. The van der Waals surface area contributed by atoms with E-state index in [2.05, 4.69) is 69.5 Å². The normalized spacial score (nSPS) is 29.8. The highest BCUT2D eigenvalue weighted by molar-refractivity contribution is 14.1. The van der Waals surface area contributed by atoms with Crippen LogP contribution >= 0.6 is 22.6 Å². The summed E-state index contributed by atoms with van der Waals surface area (Å²) < 4.78 is 45.0. The highest BCUT2D eigenvalue weighted by Gasteiger charge is 2.61. The van der Waals surface area contributed by atoms with Crippen molar-refractivity contribution in [1.82, 2.24) is 0 Å². The van der Waals surface area contributed by atoms with Gasteiger partial charge in [-0.1, -0.05) is 84.2 Å². The first-order valence-corrected chi connectivity index (χ1v) is 18.6. The van der Waals surface area contributed by atoms with Gasteiger partial charge in [0.15, 0.2) is 8.32 Å². The standard InChI is InChI=1S/C28H45IO4SSi/c1-8-24(23-16-12-13-17-25(23)29)27(34(30,31)32)19-18-21(2)28(20-27,22-14-10-9-11-15-22)33-35(6,7)26(3,4)5/h12-13,16-19,21-22,24H,8-11,14-15,20H2,1-7H3,(H,30,31,32)/t21?,24?,27-,28+/m0/s1. The molecule has 0 heterocycles. The lowest BCUT2D eigenvalue weighted by Gasteiger charge is -2.57. The van der Waals surface area contributed by atoms with Gasteiger partial charge in [-0.2, -0.15) is 8.42 Å². The predicted molar refractivity (Wildman–Crippen MR) is 157 cm³/mol. The largest absolute Gasteiger partial charge is 0.410 e. The molecule has 1 fully saturated rings. The van der Waals surface area contributed by atoms with E-state index in [4.69, 9.17) is 4.43 Å². The van der Waals surface area contributed by atoms with Crippen LogP contribution in [-0.2, 0) is 14.5 Å². The van der Waals surface area contributed by atoms with Gasteiger partial charge in [-0.3, -0.25) is 4.55 Å². The molecule has 4 nitrogen and oxygen atoms in total. The fourth-order valence-electron chi connectivity index (χ4n) is 6.25. The van der Waals surface area contributed by atoms with E-state index in [1.54, 1.807) is 0 Å². The van der Waals surface area contributed by atoms with Crippen LogP contribution in [0.15, 0.2) is 36.4 Å². The summed E-state index contributed by atoms with van der Waals surface area (Å²) in [5.74, 6) is -0.0129. The van der Waals surface area contributed by atoms with E-state index in [9.17, 15) is 13.0 Å². The molecule has 1 N–H and O–H groups in total. The minimum atomic E-state index is -4.44. The van der Waals surface area contributed by atoms with Gasteiger partial charge in [-0.05, 0) is 77.5 Å². The molecule has 198 valence electrons. The molecule has 0 radical (unpaired) electrons. The SMILES string of the molecule is CCC(c1ccccc1I)[C@]1(S(=O)(=O)O)C=CC(C)[C@@](O[Si](C)(C)C(C)(C)C)(C2CCCCC2)C1. The molecule has 0 aliphatic heterocycles. The first-order valence-electron chi connectivity index (χ1n) is 13.2. The maximum Gasteiger partial charge on any atom is 0.275 e. The molecule has 35 heavy (non-hydrogen) atoms. The first kappa shape index (κ1) is 29.3. The molecule has 1 aromatic rings. The maximum absolute atomic E-state index is 13.5. The van der Waals surface area contributed by atoms with Crippen LogP contribution < -0.4 is 0 Å². The lowest BCUT2D eigenvalue weighted by molar-refractivity contribution is -0.0681. The van der Waals surface area contributed by atoms with E-state index in [0.29, 0.717) is 12.8 Å². The zero-order chi connectivity index (χ0) is 26.3. The first-order chi connectivity index (χ1) is 16.1. The molecule has 2 aliphatic carbocycles. The van der Waals surface area contributed by atoms with Gasteiger partial charge in [0.2, 0.25) is 0 Å². The van der Waals surface area contributed by atoms with Crippen molar-refractivity contribution in [3.8, 4) is 0 Å². The van der Waals surface area contributed by atoms with Crippen LogP contribution in [0.5, 0.6) is 0 Å². The average molecular weight is 633 g/mol. The van der Waals surface area contributed by atoms with Crippen LogP contribution in [0.25, 0.3) is 0 Å². The summed E-state index contributed by atoms with van der Waals surface area (Å²) >= 11 is 2.29. The topological polar surface area (TPSA) is 63.6 Å².